The summed E-state index contributed by atoms with van der Waals surface area (Å²) in [6.07, 6.45) is 4.88. The van der Waals surface area contributed by atoms with Crippen molar-refractivity contribution in [2.45, 2.75) is 25.3 Å². The summed E-state index contributed by atoms with van der Waals surface area (Å²) in [5, 5.41) is 0. The number of methoxy groups -OCH3 is 2. The van der Waals surface area contributed by atoms with Crippen LogP contribution in [0.1, 0.15) is 30.1 Å². The van der Waals surface area contributed by atoms with Gasteiger partial charge in [-0.05, 0) is 31.4 Å². The predicted molar refractivity (Wildman–Crippen MR) is 80.4 cm³/mol. The molecular weight excluding hydrogens is 266 g/mol. The molecule has 1 aromatic carbocycles. The molecule has 1 unspecified atom stereocenters. The van der Waals surface area contributed by atoms with Crippen LogP contribution in [-0.2, 0) is 6.42 Å². The Balaban J connectivity index is 2.05. The van der Waals surface area contributed by atoms with E-state index in [0.717, 1.165) is 41.8 Å². The van der Waals surface area contributed by atoms with E-state index in [2.05, 4.69) is 9.97 Å². The van der Waals surface area contributed by atoms with Crippen molar-refractivity contribution in [2.75, 3.05) is 14.2 Å². The Labute approximate surface area is 124 Å². The summed E-state index contributed by atoms with van der Waals surface area (Å²) in [5.41, 5.74) is 9.09. The zero-order valence-electron chi connectivity index (χ0n) is 12.3. The molecule has 1 aromatic heterocycles. The predicted octanol–water partition coefficient (Wildman–Crippen LogP) is 2.50. The van der Waals surface area contributed by atoms with E-state index < -0.39 is 0 Å². The van der Waals surface area contributed by atoms with Gasteiger partial charge >= 0.3 is 0 Å². The molecular formula is C16H19N3O2. The highest BCUT2D eigenvalue weighted by Crippen LogP contribution is 2.33. The molecule has 0 amide bonds. The standard InChI is InChI=1S/C16H19N3O2/c1-20-10-6-7-11(15(8-10)21-2)16-18-9-12-13(17)4-3-5-14(12)19-16/h6-9,13H,3-5,17H2,1-2H3. The van der Waals surface area contributed by atoms with Crippen molar-refractivity contribution in [2.24, 2.45) is 5.73 Å². The quantitative estimate of drug-likeness (QED) is 0.938. The van der Waals surface area contributed by atoms with Crippen LogP contribution in [0.25, 0.3) is 11.4 Å². The molecule has 1 aliphatic rings. The van der Waals surface area contributed by atoms with E-state index in [1.165, 1.54) is 0 Å². The van der Waals surface area contributed by atoms with E-state index in [1.54, 1.807) is 14.2 Å². The topological polar surface area (TPSA) is 70.3 Å². The molecule has 5 nitrogen and oxygen atoms in total. The van der Waals surface area contributed by atoms with Crippen LogP contribution in [0.5, 0.6) is 11.5 Å². The van der Waals surface area contributed by atoms with E-state index in [-0.39, 0.29) is 6.04 Å². The third-order valence-corrected chi connectivity index (χ3v) is 3.88. The Kier molecular flexibility index (Phi) is 3.75. The second-order valence-corrected chi connectivity index (χ2v) is 5.16. The van der Waals surface area contributed by atoms with E-state index >= 15 is 0 Å². The lowest BCUT2D eigenvalue weighted by atomic mass is 9.93. The van der Waals surface area contributed by atoms with Crippen LogP contribution >= 0.6 is 0 Å². The molecule has 0 spiro atoms. The first-order chi connectivity index (χ1) is 10.2. The van der Waals surface area contributed by atoms with E-state index in [4.69, 9.17) is 15.2 Å². The van der Waals surface area contributed by atoms with Gasteiger partial charge in [0.1, 0.15) is 11.5 Å². The van der Waals surface area contributed by atoms with Gasteiger partial charge in [0.2, 0.25) is 0 Å². The lowest BCUT2D eigenvalue weighted by Gasteiger charge is -2.21. The molecule has 2 N–H and O–H groups in total. The van der Waals surface area contributed by atoms with E-state index in [1.807, 2.05) is 24.4 Å². The van der Waals surface area contributed by atoms with Crippen LogP contribution in [0.2, 0.25) is 0 Å². The number of hydrogen-bond acceptors (Lipinski definition) is 5. The van der Waals surface area contributed by atoms with Crippen LogP contribution in [0, 0.1) is 0 Å². The molecule has 1 atom stereocenters. The third-order valence-electron chi connectivity index (χ3n) is 3.88. The fourth-order valence-electron chi connectivity index (χ4n) is 2.69. The maximum atomic E-state index is 6.11. The van der Waals surface area contributed by atoms with Crippen molar-refractivity contribution in [1.29, 1.82) is 0 Å². The molecule has 5 heteroatoms. The first-order valence-corrected chi connectivity index (χ1v) is 7.06. The van der Waals surface area contributed by atoms with Gasteiger partial charge in [-0.3, -0.25) is 0 Å². The van der Waals surface area contributed by atoms with Crippen LogP contribution in [0.3, 0.4) is 0 Å². The van der Waals surface area contributed by atoms with Gasteiger partial charge in [-0.25, -0.2) is 9.97 Å². The molecule has 0 aliphatic heterocycles. The van der Waals surface area contributed by atoms with Gasteiger partial charge < -0.3 is 15.2 Å². The van der Waals surface area contributed by atoms with Crippen LogP contribution in [0.4, 0.5) is 0 Å². The van der Waals surface area contributed by atoms with Crippen molar-refractivity contribution in [3.8, 4) is 22.9 Å². The molecule has 3 rings (SSSR count). The van der Waals surface area contributed by atoms with Gasteiger partial charge in [-0.2, -0.15) is 0 Å². The van der Waals surface area contributed by atoms with Gasteiger partial charge in [-0.15, -0.1) is 0 Å². The molecule has 0 saturated heterocycles. The summed E-state index contributed by atoms with van der Waals surface area (Å²) >= 11 is 0. The van der Waals surface area contributed by atoms with Crippen LogP contribution in [-0.4, -0.2) is 24.2 Å². The maximum absolute atomic E-state index is 6.11. The SMILES string of the molecule is COc1ccc(-c2ncc3c(n2)CCCC3N)c(OC)c1. The summed E-state index contributed by atoms with van der Waals surface area (Å²) in [6, 6.07) is 5.69. The van der Waals surface area contributed by atoms with Gasteiger partial charge in [0, 0.05) is 29.6 Å². The molecule has 1 aliphatic carbocycles. The Morgan fingerprint density at radius 2 is 2.10 bits per heavy atom. The van der Waals surface area contributed by atoms with Gasteiger partial charge in [-0.1, -0.05) is 0 Å². The molecule has 0 bridgehead atoms. The highest BCUT2D eigenvalue weighted by Gasteiger charge is 2.20. The average molecular weight is 285 g/mol. The van der Waals surface area contributed by atoms with E-state index in [9.17, 15) is 0 Å². The molecule has 0 radical (unpaired) electrons. The summed E-state index contributed by atoms with van der Waals surface area (Å²) in [5.74, 6) is 2.12. The summed E-state index contributed by atoms with van der Waals surface area (Å²) in [4.78, 5) is 9.15. The van der Waals surface area contributed by atoms with Gasteiger partial charge in [0.15, 0.2) is 5.82 Å². The fraction of sp³-hybridized carbons (Fsp3) is 0.375. The maximum Gasteiger partial charge on any atom is 0.163 e. The third kappa shape index (κ3) is 2.56. The second-order valence-electron chi connectivity index (χ2n) is 5.16. The van der Waals surface area contributed by atoms with Gasteiger partial charge in [0.25, 0.3) is 0 Å². The van der Waals surface area contributed by atoms with Crippen LogP contribution in [0.15, 0.2) is 24.4 Å². The van der Waals surface area contributed by atoms with Crippen molar-refractivity contribution in [1.82, 2.24) is 9.97 Å². The lowest BCUT2D eigenvalue weighted by molar-refractivity contribution is 0.395. The molecule has 110 valence electrons. The number of aryl methyl sites for hydroxylation is 1. The number of aromatic nitrogens is 2. The summed E-state index contributed by atoms with van der Waals surface area (Å²) in [6.45, 7) is 0. The number of ether oxygens (including phenoxy) is 2. The zero-order valence-corrected chi connectivity index (χ0v) is 12.3. The normalized spacial score (nSPS) is 17.2. The number of benzene rings is 1. The number of nitrogens with zero attached hydrogens (tertiary/aromatic N) is 2. The van der Waals surface area contributed by atoms with Crippen molar-refractivity contribution < 1.29 is 9.47 Å². The highest BCUT2D eigenvalue weighted by atomic mass is 16.5. The highest BCUT2D eigenvalue weighted by molar-refractivity contribution is 5.66. The molecule has 2 aromatic rings. The average Bonchev–Trinajstić information content (AvgIpc) is 2.54. The zero-order chi connectivity index (χ0) is 14.8. The second kappa shape index (κ2) is 5.69. The minimum atomic E-state index is 0.0561. The number of nitrogens with two attached hydrogens (primary N) is 1. The Hall–Kier alpha value is -2.14. The van der Waals surface area contributed by atoms with Crippen LogP contribution < -0.4 is 15.2 Å². The Morgan fingerprint density at radius 3 is 2.86 bits per heavy atom. The number of hydrogen-bond donors (Lipinski definition) is 1. The largest absolute Gasteiger partial charge is 0.497 e. The number of rotatable bonds is 3. The lowest BCUT2D eigenvalue weighted by Crippen LogP contribution is -2.19. The molecule has 1 heterocycles. The fourth-order valence-corrected chi connectivity index (χ4v) is 2.69. The van der Waals surface area contributed by atoms with Gasteiger partial charge in [0.05, 0.1) is 19.8 Å². The Morgan fingerprint density at radius 1 is 1.24 bits per heavy atom. The monoisotopic (exact) mass is 285 g/mol. The van der Waals surface area contributed by atoms with Crippen molar-refractivity contribution >= 4 is 0 Å². The molecule has 21 heavy (non-hydrogen) atoms. The molecule has 0 saturated carbocycles. The summed E-state index contributed by atoms with van der Waals surface area (Å²) < 4.78 is 10.6. The Bertz CT molecular complexity index is 658. The minimum absolute atomic E-state index is 0.0561. The van der Waals surface area contributed by atoms with E-state index in [0.29, 0.717) is 11.6 Å². The minimum Gasteiger partial charge on any atom is -0.497 e. The summed E-state index contributed by atoms with van der Waals surface area (Å²) in [7, 11) is 3.26. The first-order valence-electron chi connectivity index (χ1n) is 7.06. The molecule has 0 fully saturated rings. The first kappa shape index (κ1) is 13.8. The van der Waals surface area contributed by atoms with Crippen molar-refractivity contribution in [3.63, 3.8) is 0 Å². The van der Waals surface area contributed by atoms with Crippen molar-refractivity contribution in [3.05, 3.63) is 35.7 Å². The smallest absolute Gasteiger partial charge is 0.163 e. The number of fused-ring (bicyclic) bond motifs is 1.